The number of amides is 2. The summed E-state index contributed by atoms with van der Waals surface area (Å²) >= 11 is 0. The van der Waals surface area contributed by atoms with Gasteiger partial charge in [-0.15, -0.1) is 0 Å². The van der Waals surface area contributed by atoms with Crippen LogP contribution in [0.4, 0.5) is 0 Å². The lowest BCUT2D eigenvalue weighted by molar-refractivity contribution is -0.120. The van der Waals surface area contributed by atoms with E-state index < -0.39 is 5.91 Å². The molecule has 7 heteroatoms. The molecule has 0 aliphatic heterocycles. The van der Waals surface area contributed by atoms with Gasteiger partial charge in [0, 0.05) is 5.56 Å². The summed E-state index contributed by atoms with van der Waals surface area (Å²) in [6.07, 6.45) is 1.40. The number of phenolic OH excluding ortho intramolecular Hbond substituents is 1. The second-order valence-electron chi connectivity index (χ2n) is 4.77. The fraction of sp³-hybridized carbons (Fsp3) is 0.118. The lowest BCUT2D eigenvalue weighted by atomic mass is 10.2. The maximum Gasteiger partial charge on any atom is 0.259 e. The number of carbonyl (C=O) groups is 2. The van der Waals surface area contributed by atoms with Crippen molar-refractivity contribution in [1.29, 1.82) is 0 Å². The van der Waals surface area contributed by atoms with Crippen molar-refractivity contribution in [2.45, 2.75) is 0 Å². The van der Waals surface area contributed by atoms with Crippen LogP contribution in [-0.2, 0) is 4.79 Å². The van der Waals surface area contributed by atoms with E-state index in [9.17, 15) is 14.7 Å². The molecule has 2 aromatic rings. The molecule has 0 aliphatic carbocycles. The molecule has 0 saturated heterocycles. The number of carbonyl (C=O) groups excluding carboxylic acids is 2. The molecule has 0 atom stereocenters. The predicted octanol–water partition coefficient (Wildman–Crippen LogP) is 1.28. The zero-order valence-corrected chi connectivity index (χ0v) is 13.0. The Morgan fingerprint density at radius 2 is 1.96 bits per heavy atom. The Hall–Kier alpha value is -3.35. The van der Waals surface area contributed by atoms with Crippen molar-refractivity contribution in [3.63, 3.8) is 0 Å². The number of aromatic hydroxyl groups is 1. The number of hydrogen-bond acceptors (Lipinski definition) is 5. The molecule has 3 N–H and O–H groups in total. The van der Waals surface area contributed by atoms with Gasteiger partial charge in [0.05, 0.1) is 19.9 Å². The van der Waals surface area contributed by atoms with Crippen molar-refractivity contribution in [2.75, 3.05) is 13.7 Å². The van der Waals surface area contributed by atoms with Crippen LogP contribution in [0.25, 0.3) is 0 Å². The second kappa shape index (κ2) is 8.33. The number of methoxy groups -OCH3 is 1. The summed E-state index contributed by atoms with van der Waals surface area (Å²) in [5.74, 6) is -0.470. The highest BCUT2D eigenvalue weighted by atomic mass is 16.5. The first-order valence-electron chi connectivity index (χ1n) is 7.12. The highest BCUT2D eigenvalue weighted by molar-refractivity contribution is 5.96. The first-order valence-corrected chi connectivity index (χ1v) is 7.12. The molecule has 124 valence electrons. The van der Waals surface area contributed by atoms with Crippen molar-refractivity contribution < 1.29 is 19.4 Å². The summed E-state index contributed by atoms with van der Waals surface area (Å²) in [5.41, 5.74) is 3.42. The Labute approximate surface area is 139 Å². The second-order valence-corrected chi connectivity index (χ2v) is 4.77. The van der Waals surface area contributed by atoms with Crippen molar-refractivity contribution in [1.82, 2.24) is 10.7 Å². The third-order valence-corrected chi connectivity index (χ3v) is 3.05. The van der Waals surface area contributed by atoms with Gasteiger partial charge in [0.1, 0.15) is 0 Å². The van der Waals surface area contributed by atoms with E-state index in [4.69, 9.17) is 4.74 Å². The van der Waals surface area contributed by atoms with Crippen molar-refractivity contribution in [2.24, 2.45) is 5.10 Å². The summed E-state index contributed by atoms with van der Waals surface area (Å²) < 4.78 is 4.97. The zero-order valence-electron chi connectivity index (χ0n) is 13.0. The molecular weight excluding hydrogens is 310 g/mol. The SMILES string of the molecule is COc1cc(C=NNC(=O)CNC(=O)c2ccccc2)ccc1O. The molecular formula is C17H17N3O4. The van der Waals surface area contributed by atoms with E-state index in [1.807, 2.05) is 0 Å². The highest BCUT2D eigenvalue weighted by Crippen LogP contribution is 2.25. The third-order valence-electron chi connectivity index (χ3n) is 3.05. The number of hydrazone groups is 1. The number of ether oxygens (including phenoxy) is 1. The fourth-order valence-electron chi connectivity index (χ4n) is 1.84. The van der Waals surface area contributed by atoms with Crippen LogP contribution < -0.4 is 15.5 Å². The van der Waals surface area contributed by atoms with Crippen LogP contribution in [0.15, 0.2) is 53.6 Å². The third kappa shape index (κ3) is 4.84. The Morgan fingerprint density at radius 1 is 1.21 bits per heavy atom. The number of nitrogens with zero attached hydrogens (tertiary/aromatic N) is 1. The molecule has 0 radical (unpaired) electrons. The number of benzene rings is 2. The lowest BCUT2D eigenvalue weighted by Crippen LogP contribution is -2.34. The Bertz CT molecular complexity index is 745. The van der Waals surface area contributed by atoms with Gasteiger partial charge >= 0.3 is 0 Å². The molecule has 0 aliphatic rings. The number of nitrogens with one attached hydrogen (secondary N) is 2. The average Bonchev–Trinajstić information content (AvgIpc) is 2.61. The monoisotopic (exact) mass is 327 g/mol. The van der Waals surface area contributed by atoms with E-state index in [1.54, 1.807) is 42.5 Å². The molecule has 7 nitrogen and oxygen atoms in total. The maximum absolute atomic E-state index is 11.8. The smallest absolute Gasteiger partial charge is 0.259 e. The quantitative estimate of drug-likeness (QED) is 0.549. The number of rotatable bonds is 6. The normalized spacial score (nSPS) is 10.4. The van der Waals surface area contributed by atoms with E-state index in [0.29, 0.717) is 16.9 Å². The van der Waals surface area contributed by atoms with Crippen molar-refractivity contribution in [3.05, 3.63) is 59.7 Å². The van der Waals surface area contributed by atoms with E-state index >= 15 is 0 Å². The molecule has 0 fully saturated rings. The molecule has 0 aromatic heterocycles. The van der Waals surface area contributed by atoms with Gasteiger partial charge in [0.15, 0.2) is 11.5 Å². The van der Waals surface area contributed by atoms with Crippen LogP contribution in [0.2, 0.25) is 0 Å². The van der Waals surface area contributed by atoms with Gasteiger partial charge in [-0.2, -0.15) is 5.10 Å². The number of phenols is 1. The topological polar surface area (TPSA) is 100 Å². The first kappa shape index (κ1) is 17.0. The Balaban J connectivity index is 1.81. The van der Waals surface area contributed by atoms with Crippen LogP contribution in [0.5, 0.6) is 11.5 Å². The van der Waals surface area contributed by atoms with Gasteiger partial charge in [0.25, 0.3) is 11.8 Å². The van der Waals surface area contributed by atoms with Gasteiger partial charge in [-0.1, -0.05) is 18.2 Å². The fourth-order valence-corrected chi connectivity index (χ4v) is 1.84. The van der Waals surface area contributed by atoms with Gasteiger partial charge in [-0.05, 0) is 35.9 Å². The molecule has 2 amide bonds. The van der Waals surface area contributed by atoms with Gasteiger partial charge in [-0.3, -0.25) is 9.59 Å². The van der Waals surface area contributed by atoms with Crippen molar-refractivity contribution >= 4 is 18.0 Å². The summed E-state index contributed by atoms with van der Waals surface area (Å²) in [4.78, 5) is 23.4. The Kier molecular flexibility index (Phi) is 5.90. The van der Waals surface area contributed by atoms with Crippen LogP contribution in [0.1, 0.15) is 15.9 Å². The molecule has 0 heterocycles. The van der Waals surface area contributed by atoms with Gasteiger partial charge in [-0.25, -0.2) is 5.43 Å². The van der Waals surface area contributed by atoms with Crippen LogP contribution in [0.3, 0.4) is 0 Å². The van der Waals surface area contributed by atoms with Crippen LogP contribution >= 0.6 is 0 Å². The molecule has 0 saturated carbocycles. The molecule has 2 rings (SSSR count). The largest absolute Gasteiger partial charge is 0.504 e. The van der Waals surface area contributed by atoms with E-state index in [1.165, 1.54) is 19.4 Å². The summed E-state index contributed by atoms with van der Waals surface area (Å²) in [6, 6.07) is 13.2. The minimum absolute atomic E-state index is 0.0160. The molecule has 0 unspecified atom stereocenters. The average molecular weight is 327 g/mol. The Morgan fingerprint density at radius 3 is 2.67 bits per heavy atom. The molecule has 0 bridgehead atoms. The van der Waals surface area contributed by atoms with Crippen molar-refractivity contribution in [3.8, 4) is 11.5 Å². The van der Waals surface area contributed by atoms with E-state index in [-0.39, 0.29) is 18.2 Å². The predicted molar refractivity (Wildman–Crippen MR) is 89.2 cm³/mol. The lowest BCUT2D eigenvalue weighted by Gasteiger charge is -2.04. The maximum atomic E-state index is 11.8. The standard InChI is InChI=1S/C17H17N3O4/c1-24-15-9-12(7-8-14(15)21)10-19-20-16(22)11-18-17(23)13-5-3-2-4-6-13/h2-10,21H,11H2,1H3,(H,18,23)(H,20,22). The van der Waals surface area contributed by atoms with Gasteiger partial charge in [0.2, 0.25) is 0 Å². The minimum atomic E-state index is -0.457. The minimum Gasteiger partial charge on any atom is -0.504 e. The molecule has 0 spiro atoms. The molecule has 2 aromatic carbocycles. The zero-order chi connectivity index (χ0) is 17.4. The number of hydrogen-bond donors (Lipinski definition) is 3. The molecule has 24 heavy (non-hydrogen) atoms. The summed E-state index contributed by atoms with van der Waals surface area (Å²) in [7, 11) is 1.44. The first-order chi connectivity index (χ1) is 11.6. The summed E-state index contributed by atoms with van der Waals surface area (Å²) in [5, 5.41) is 15.8. The summed E-state index contributed by atoms with van der Waals surface area (Å²) in [6.45, 7) is -0.191. The van der Waals surface area contributed by atoms with E-state index in [0.717, 1.165) is 0 Å². The van der Waals surface area contributed by atoms with Crippen LogP contribution in [0, 0.1) is 0 Å². The van der Waals surface area contributed by atoms with Gasteiger partial charge < -0.3 is 15.2 Å². The van der Waals surface area contributed by atoms with Crippen LogP contribution in [-0.4, -0.2) is 36.8 Å². The highest BCUT2D eigenvalue weighted by Gasteiger charge is 2.06. The van der Waals surface area contributed by atoms with E-state index in [2.05, 4.69) is 15.8 Å².